The van der Waals surface area contributed by atoms with Crippen molar-refractivity contribution in [2.45, 2.75) is 26.7 Å². The van der Waals surface area contributed by atoms with E-state index in [9.17, 15) is 0 Å². The second-order valence-corrected chi connectivity index (χ2v) is 8.45. The maximum atomic E-state index is 6.11. The summed E-state index contributed by atoms with van der Waals surface area (Å²) in [4.78, 5) is 0. The predicted molar refractivity (Wildman–Crippen MR) is 117 cm³/mol. The summed E-state index contributed by atoms with van der Waals surface area (Å²) in [5, 5.41) is 3.77. The summed E-state index contributed by atoms with van der Waals surface area (Å²) in [6.45, 7) is 5.72. The highest BCUT2D eigenvalue weighted by Gasteiger charge is 2.23. The molecule has 0 saturated heterocycles. The Morgan fingerprint density at radius 1 is 0.593 bits per heavy atom. The summed E-state index contributed by atoms with van der Waals surface area (Å²) in [6.07, 6.45) is 1.99. The van der Waals surface area contributed by atoms with Crippen molar-refractivity contribution in [1.82, 2.24) is 0 Å². The van der Waals surface area contributed by atoms with Gasteiger partial charge in [-0.15, -0.1) is 0 Å². The van der Waals surface area contributed by atoms with Crippen LogP contribution in [0.1, 0.15) is 26.7 Å². The second kappa shape index (κ2) is 10.1. The van der Waals surface area contributed by atoms with Gasteiger partial charge >= 0.3 is 0 Å². The van der Waals surface area contributed by atoms with Gasteiger partial charge in [0.05, 0.1) is 13.2 Å². The fourth-order valence-electron chi connectivity index (χ4n) is 2.94. The zero-order chi connectivity index (χ0) is 18.9. The number of para-hydroxylation sites is 2. The molecule has 0 bridgehead atoms. The fraction of sp³-hybridized carbons (Fsp3) is 0.250. The van der Waals surface area contributed by atoms with Gasteiger partial charge < -0.3 is 9.47 Å². The van der Waals surface area contributed by atoms with E-state index >= 15 is 0 Å². The van der Waals surface area contributed by atoms with Gasteiger partial charge in [-0.05, 0) is 38.2 Å². The molecule has 0 heterocycles. The maximum Gasteiger partial charge on any atom is 0.127 e. The van der Waals surface area contributed by atoms with E-state index in [1.165, 1.54) is 15.9 Å². The van der Waals surface area contributed by atoms with Crippen LogP contribution < -0.4 is 25.4 Å². The maximum absolute atomic E-state index is 6.11. The lowest BCUT2D eigenvalue weighted by atomic mass is 10.3. The van der Waals surface area contributed by atoms with E-state index in [-0.39, 0.29) is 0 Å². The van der Waals surface area contributed by atoms with Crippen LogP contribution >= 0.6 is 7.92 Å². The summed E-state index contributed by atoms with van der Waals surface area (Å²) in [6, 6.07) is 27.5. The molecule has 27 heavy (non-hydrogen) atoms. The Balaban J connectivity index is 2.12. The zero-order valence-corrected chi connectivity index (χ0v) is 17.0. The molecule has 0 aliphatic heterocycles. The molecule has 3 heteroatoms. The average molecular weight is 378 g/mol. The molecule has 0 aromatic heterocycles. The van der Waals surface area contributed by atoms with Crippen LogP contribution in [0.25, 0.3) is 0 Å². The Hall–Kier alpha value is -2.31. The minimum Gasteiger partial charge on any atom is -0.493 e. The van der Waals surface area contributed by atoms with Gasteiger partial charge in [0.25, 0.3) is 0 Å². The standard InChI is InChI=1S/C24H27O2P/c1-3-18-25-21-14-8-10-16-23(21)27(20-12-6-5-7-13-20)24-17-11-9-15-22(24)26-19-4-2/h5-17H,3-4,18-19H2,1-2H3. The van der Waals surface area contributed by atoms with Crippen LogP contribution in [0.15, 0.2) is 78.9 Å². The largest absolute Gasteiger partial charge is 0.493 e. The summed E-state index contributed by atoms with van der Waals surface area (Å²) >= 11 is 0. The van der Waals surface area contributed by atoms with Crippen LogP contribution in [0.2, 0.25) is 0 Å². The first-order chi connectivity index (χ1) is 13.3. The van der Waals surface area contributed by atoms with Gasteiger partial charge in [0, 0.05) is 10.6 Å². The van der Waals surface area contributed by atoms with Crippen LogP contribution in [0.5, 0.6) is 11.5 Å². The van der Waals surface area contributed by atoms with Crippen molar-refractivity contribution in [3.05, 3.63) is 78.9 Å². The highest BCUT2D eigenvalue weighted by molar-refractivity contribution is 7.80. The van der Waals surface area contributed by atoms with Crippen LogP contribution in [0.3, 0.4) is 0 Å². The van der Waals surface area contributed by atoms with E-state index in [0.717, 1.165) is 37.6 Å². The molecule has 0 spiro atoms. The van der Waals surface area contributed by atoms with Gasteiger partial charge in [-0.2, -0.15) is 0 Å². The number of hydrogen-bond donors (Lipinski definition) is 0. The Morgan fingerprint density at radius 3 is 1.52 bits per heavy atom. The van der Waals surface area contributed by atoms with E-state index in [1.807, 2.05) is 12.1 Å². The second-order valence-electron chi connectivity index (χ2n) is 6.30. The van der Waals surface area contributed by atoms with E-state index in [2.05, 4.69) is 80.6 Å². The van der Waals surface area contributed by atoms with Gasteiger partial charge in [0.15, 0.2) is 0 Å². The van der Waals surface area contributed by atoms with Crippen molar-refractivity contribution < 1.29 is 9.47 Å². The molecule has 140 valence electrons. The highest BCUT2D eigenvalue weighted by Crippen LogP contribution is 2.39. The molecular formula is C24H27O2P. The SMILES string of the molecule is CCCOc1ccccc1P(c1ccccc1)c1ccccc1OCCC. The van der Waals surface area contributed by atoms with Gasteiger partial charge in [-0.1, -0.05) is 80.6 Å². The summed E-state index contributed by atoms with van der Waals surface area (Å²) in [5.41, 5.74) is 0. The molecule has 0 aliphatic carbocycles. The van der Waals surface area contributed by atoms with Crippen molar-refractivity contribution >= 4 is 23.8 Å². The third kappa shape index (κ3) is 4.90. The fourth-order valence-corrected chi connectivity index (χ4v) is 5.41. The summed E-state index contributed by atoms with van der Waals surface area (Å²) in [5.74, 6) is 1.94. The molecule has 0 atom stereocenters. The predicted octanol–water partition coefficient (Wildman–Crippen LogP) is 5.02. The van der Waals surface area contributed by atoms with Crippen LogP contribution in [0.4, 0.5) is 0 Å². The van der Waals surface area contributed by atoms with Crippen molar-refractivity contribution in [3.8, 4) is 11.5 Å². The molecule has 0 fully saturated rings. The van der Waals surface area contributed by atoms with Crippen LogP contribution in [-0.4, -0.2) is 13.2 Å². The van der Waals surface area contributed by atoms with Gasteiger partial charge in [0.1, 0.15) is 11.5 Å². The van der Waals surface area contributed by atoms with E-state index in [0.29, 0.717) is 0 Å². The molecule has 0 saturated carbocycles. The van der Waals surface area contributed by atoms with E-state index < -0.39 is 7.92 Å². The van der Waals surface area contributed by atoms with Gasteiger partial charge in [-0.3, -0.25) is 0 Å². The summed E-state index contributed by atoms with van der Waals surface area (Å²) < 4.78 is 12.2. The number of ether oxygens (including phenoxy) is 2. The third-order valence-corrected chi connectivity index (χ3v) is 6.67. The minimum atomic E-state index is -0.771. The van der Waals surface area contributed by atoms with Crippen LogP contribution in [-0.2, 0) is 0 Å². The molecule has 3 rings (SSSR count). The lowest BCUT2D eigenvalue weighted by Crippen LogP contribution is -2.24. The topological polar surface area (TPSA) is 18.5 Å². The summed E-state index contributed by atoms with van der Waals surface area (Å²) in [7, 11) is -0.771. The molecule has 2 nitrogen and oxygen atoms in total. The monoisotopic (exact) mass is 378 g/mol. The molecular weight excluding hydrogens is 351 g/mol. The number of rotatable bonds is 9. The third-order valence-electron chi connectivity index (χ3n) is 4.15. The Bertz CT molecular complexity index is 781. The average Bonchev–Trinajstić information content (AvgIpc) is 2.73. The molecule has 0 N–H and O–H groups in total. The number of hydrogen-bond acceptors (Lipinski definition) is 2. The smallest absolute Gasteiger partial charge is 0.127 e. The van der Waals surface area contributed by atoms with Gasteiger partial charge in [0.2, 0.25) is 0 Å². The first-order valence-electron chi connectivity index (χ1n) is 9.64. The van der Waals surface area contributed by atoms with E-state index in [4.69, 9.17) is 9.47 Å². The van der Waals surface area contributed by atoms with Crippen molar-refractivity contribution in [2.24, 2.45) is 0 Å². The Kier molecular flexibility index (Phi) is 7.30. The minimum absolute atomic E-state index is 0.725. The first kappa shape index (κ1) is 19.5. The highest BCUT2D eigenvalue weighted by atomic mass is 31.1. The normalized spacial score (nSPS) is 10.8. The zero-order valence-electron chi connectivity index (χ0n) is 16.1. The quantitative estimate of drug-likeness (QED) is 0.487. The van der Waals surface area contributed by atoms with Crippen LogP contribution in [0, 0.1) is 0 Å². The molecule has 3 aromatic carbocycles. The molecule has 3 aromatic rings. The molecule has 0 radical (unpaired) electrons. The number of benzene rings is 3. The van der Waals surface area contributed by atoms with E-state index in [1.54, 1.807) is 0 Å². The molecule has 0 amide bonds. The lowest BCUT2D eigenvalue weighted by Gasteiger charge is -2.24. The van der Waals surface area contributed by atoms with Crippen molar-refractivity contribution in [3.63, 3.8) is 0 Å². The first-order valence-corrected chi connectivity index (χ1v) is 11.0. The lowest BCUT2D eigenvalue weighted by molar-refractivity contribution is 0.319. The molecule has 0 aliphatic rings. The van der Waals surface area contributed by atoms with Crippen molar-refractivity contribution in [1.29, 1.82) is 0 Å². The molecule has 0 unspecified atom stereocenters. The van der Waals surface area contributed by atoms with Crippen molar-refractivity contribution in [2.75, 3.05) is 13.2 Å². The Labute approximate surface area is 163 Å². The van der Waals surface area contributed by atoms with Gasteiger partial charge in [-0.25, -0.2) is 0 Å². The Morgan fingerprint density at radius 2 is 1.04 bits per heavy atom.